The standard InChI is InChI=1S/C20H32O2/c1-14-16(7-6-15-8-11-22-13-15)20(4)10-5-9-19(2,3)18(20)12-17(14)21/h15,18H,5-13H2,1-4H3/t15?,18-,20+/m0/s1. The van der Waals surface area contributed by atoms with Crippen LogP contribution in [0.5, 0.6) is 0 Å². The zero-order chi connectivity index (χ0) is 16.0. The average Bonchev–Trinajstić information content (AvgIpc) is 2.94. The van der Waals surface area contributed by atoms with E-state index in [1.807, 2.05) is 0 Å². The number of ketones is 1. The Balaban J connectivity index is 1.86. The first-order valence-corrected chi connectivity index (χ1v) is 9.16. The van der Waals surface area contributed by atoms with Crippen LogP contribution in [0.25, 0.3) is 0 Å². The molecule has 2 fully saturated rings. The molecule has 0 aromatic rings. The number of allylic oxidation sites excluding steroid dienone is 2. The van der Waals surface area contributed by atoms with Gasteiger partial charge in [-0.2, -0.15) is 0 Å². The van der Waals surface area contributed by atoms with E-state index in [2.05, 4.69) is 27.7 Å². The van der Waals surface area contributed by atoms with Crippen molar-refractivity contribution >= 4 is 5.78 Å². The molecule has 1 heterocycles. The van der Waals surface area contributed by atoms with Gasteiger partial charge in [0.15, 0.2) is 5.78 Å². The van der Waals surface area contributed by atoms with E-state index in [1.165, 1.54) is 37.7 Å². The highest BCUT2D eigenvalue weighted by molar-refractivity contribution is 5.97. The minimum Gasteiger partial charge on any atom is -0.381 e. The van der Waals surface area contributed by atoms with Gasteiger partial charge in [0.05, 0.1) is 0 Å². The van der Waals surface area contributed by atoms with Crippen molar-refractivity contribution in [3.8, 4) is 0 Å². The molecular formula is C20H32O2. The molecule has 0 amide bonds. The van der Waals surface area contributed by atoms with Gasteiger partial charge in [-0.25, -0.2) is 0 Å². The van der Waals surface area contributed by atoms with Gasteiger partial charge in [0.2, 0.25) is 0 Å². The number of hydrogen-bond donors (Lipinski definition) is 0. The SMILES string of the molecule is CC1=C(CCC2CCOC2)[C@@]2(C)CCCC(C)(C)[C@@H]2CC1=O. The van der Waals surface area contributed by atoms with Crippen molar-refractivity contribution in [1.29, 1.82) is 0 Å². The minimum atomic E-state index is 0.249. The van der Waals surface area contributed by atoms with Crippen LogP contribution in [0.1, 0.15) is 72.6 Å². The van der Waals surface area contributed by atoms with E-state index < -0.39 is 0 Å². The molecule has 0 bridgehead atoms. The Hall–Kier alpha value is -0.630. The summed E-state index contributed by atoms with van der Waals surface area (Å²) in [5.41, 5.74) is 3.13. The molecule has 22 heavy (non-hydrogen) atoms. The summed E-state index contributed by atoms with van der Waals surface area (Å²) >= 11 is 0. The van der Waals surface area contributed by atoms with E-state index in [9.17, 15) is 4.79 Å². The number of Topliss-reactive ketones (excluding diaryl/α,β-unsaturated/α-hetero) is 1. The van der Waals surface area contributed by atoms with E-state index in [4.69, 9.17) is 4.74 Å². The lowest BCUT2D eigenvalue weighted by molar-refractivity contribution is -0.122. The van der Waals surface area contributed by atoms with Crippen molar-refractivity contribution in [2.75, 3.05) is 13.2 Å². The van der Waals surface area contributed by atoms with Crippen molar-refractivity contribution < 1.29 is 9.53 Å². The van der Waals surface area contributed by atoms with Crippen molar-refractivity contribution in [2.24, 2.45) is 22.7 Å². The topological polar surface area (TPSA) is 26.3 Å². The van der Waals surface area contributed by atoms with Gasteiger partial charge < -0.3 is 4.74 Å². The first-order valence-electron chi connectivity index (χ1n) is 9.16. The molecule has 1 aliphatic heterocycles. The van der Waals surface area contributed by atoms with Crippen molar-refractivity contribution in [2.45, 2.75) is 72.6 Å². The fourth-order valence-electron chi connectivity index (χ4n) is 5.55. The second-order valence-electron chi connectivity index (χ2n) is 8.81. The first kappa shape index (κ1) is 16.2. The fourth-order valence-corrected chi connectivity index (χ4v) is 5.55. The van der Waals surface area contributed by atoms with Gasteiger partial charge in [-0.05, 0) is 67.3 Å². The Labute approximate surface area is 135 Å². The van der Waals surface area contributed by atoms with E-state index in [-0.39, 0.29) is 5.41 Å². The highest BCUT2D eigenvalue weighted by Gasteiger charge is 2.51. The van der Waals surface area contributed by atoms with E-state index in [1.54, 1.807) is 0 Å². The molecule has 0 aromatic carbocycles. The van der Waals surface area contributed by atoms with Gasteiger partial charge in [-0.15, -0.1) is 0 Å². The molecule has 3 aliphatic rings. The largest absolute Gasteiger partial charge is 0.381 e. The summed E-state index contributed by atoms with van der Waals surface area (Å²) < 4.78 is 5.53. The highest BCUT2D eigenvalue weighted by atomic mass is 16.5. The van der Waals surface area contributed by atoms with Crippen LogP contribution in [0.2, 0.25) is 0 Å². The molecule has 2 aliphatic carbocycles. The zero-order valence-electron chi connectivity index (χ0n) is 14.8. The second-order valence-corrected chi connectivity index (χ2v) is 8.81. The molecule has 2 heteroatoms. The summed E-state index contributed by atoms with van der Waals surface area (Å²) in [7, 11) is 0. The lowest BCUT2D eigenvalue weighted by Crippen LogP contribution is -2.47. The maximum absolute atomic E-state index is 12.6. The van der Waals surface area contributed by atoms with Gasteiger partial charge in [-0.3, -0.25) is 4.79 Å². The number of carbonyl (C=O) groups is 1. The van der Waals surface area contributed by atoms with E-state index in [0.29, 0.717) is 23.0 Å². The van der Waals surface area contributed by atoms with Gasteiger partial charge in [-0.1, -0.05) is 32.8 Å². The van der Waals surface area contributed by atoms with Gasteiger partial charge in [0, 0.05) is 19.6 Å². The van der Waals surface area contributed by atoms with Crippen LogP contribution in [-0.2, 0) is 9.53 Å². The Bertz CT molecular complexity index is 482. The van der Waals surface area contributed by atoms with Crippen molar-refractivity contribution in [3.63, 3.8) is 0 Å². The predicted molar refractivity (Wildman–Crippen MR) is 89.7 cm³/mol. The van der Waals surface area contributed by atoms with Crippen LogP contribution in [0.3, 0.4) is 0 Å². The Morgan fingerprint density at radius 1 is 1.23 bits per heavy atom. The molecule has 0 aromatic heterocycles. The molecule has 124 valence electrons. The number of carbonyl (C=O) groups excluding carboxylic acids is 1. The summed E-state index contributed by atoms with van der Waals surface area (Å²) in [5, 5.41) is 0. The molecular weight excluding hydrogens is 272 g/mol. The molecule has 0 N–H and O–H groups in total. The molecule has 1 saturated heterocycles. The zero-order valence-corrected chi connectivity index (χ0v) is 14.8. The molecule has 0 radical (unpaired) electrons. The number of hydrogen-bond acceptors (Lipinski definition) is 2. The second kappa shape index (κ2) is 5.78. The fraction of sp³-hybridized carbons (Fsp3) is 0.850. The monoisotopic (exact) mass is 304 g/mol. The quantitative estimate of drug-likeness (QED) is 0.739. The Kier molecular flexibility index (Phi) is 4.26. The Morgan fingerprint density at radius 2 is 2.00 bits per heavy atom. The van der Waals surface area contributed by atoms with Crippen LogP contribution >= 0.6 is 0 Å². The van der Waals surface area contributed by atoms with Gasteiger partial charge in [0.25, 0.3) is 0 Å². The summed E-state index contributed by atoms with van der Waals surface area (Å²) in [5.74, 6) is 1.64. The third kappa shape index (κ3) is 2.68. The van der Waals surface area contributed by atoms with Crippen LogP contribution < -0.4 is 0 Å². The summed E-state index contributed by atoms with van der Waals surface area (Å²) in [4.78, 5) is 12.6. The highest BCUT2D eigenvalue weighted by Crippen LogP contribution is 2.59. The van der Waals surface area contributed by atoms with Gasteiger partial charge in [0.1, 0.15) is 0 Å². The third-order valence-electron chi connectivity index (χ3n) is 7.01. The predicted octanol–water partition coefficient (Wildman–Crippen LogP) is 4.93. The van der Waals surface area contributed by atoms with Crippen LogP contribution in [0.15, 0.2) is 11.1 Å². The average molecular weight is 304 g/mol. The minimum absolute atomic E-state index is 0.249. The first-order chi connectivity index (χ1) is 10.3. The summed E-state index contributed by atoms with van der Waals surface area (Å²) in [6, 6.07) is 0. The van der Waals surface area contributed by atoms with Crippen LogP contribution in [0, 0.1) is 22.7 Å². The smallest absolute Gasteiger partial charge is 0.158 e. The number of ether oxygens (including phenoxy) is 1. The van der Waals surface area contributed by atoms with Gasteiger partial charge >= 0.3 is 0 Å². The molecule has 1 unspecified atom stereocenters. The normalized spacial score (nSPS) is 38.3. The van der Waals surface area contributed by atoms with E-state index >= 15 is 0 Å². The number of rotatable bonds is 3. The molecule has 3 atom stereocenters. The molecule has 3 rings (SSSR count). The maximum atomic E-state index is 12.6. The van der Waals surface area contributed by atoms with Crippen molar-refractivity contribution in [1.82, 2.24) is 0 Å². The Morgan fingerprint density at radius 3 is 2.68 bits per heavy atom. The molecule has 2 nitrogen and oxygen atoms in total. The number of fused-ring (bicyclic) bond motifs is 1. The summed E-state index contributed by atoms with van der Waals surface area (Å²) in [6.45, 7) is 11.2. The van der Waals surface area contributed by atoms with E-state index in [0.717, 1.165) is 31.6 Å². The van der Waals surface area contributed by atoms with Crippen molar-refractivity contribution in [3.05, 3.63) is 11.1 Å². The molecule has 1 saturated carbocycles. The van der Waals surface area contributed by atoms with Crippen LogP contribution in [-0.4, -0.2) is 19.0 Å². The lowest BCUT2D eigenvalue weighted by Gasteiger charge is -2.54. The van der Waals surface area contributed by atoms with Crippen LogP contribution in [0.4, 0.5) is 0 Å². The maximum Gasteiger partial charge on any atom is 0.158 e. The summed E-state index contributed by atoms with van der Waals surface area (Å²) in [6.07, 6.45) is 8.11. The lowest BCUT2D eigenvalue weighted by atomic mass is 9.49. The third-order valence-corrected chi connectivity index (χ3v) is 7.01. The molecule has 0 spiro atoms.